The van der Waals surface area contributed by atoms with Gasteiger partial charge in [-0.25, -0.2) is 9.59 Å². The Labute approximate surface area is 205 Å². The molecule has 0 fully saturated rings. The largest absolute Gasteiger partial charge is 0.490 e. The van der Waals surface area contributed by atoms with E-state index in [-0.39, 0.29) is 12.7 Å². The van der Waals surface area contributed by atoms with Crippen molar-refractivity contribution >= 4 is 29.4 Å². The molecule has 0 spiro atoms. The zero-order valence-corrected chi connectivity index (χ0v) is 19.9. The Kier molecular flexibility index (Phi) is 8.89. The van der Waals surface area contributed by atoms with Gasteiger partial charge in [0, 0.05) is 17.5 Å². The van der Waals surface area contributed by atoms with Crippen molar-refractivity contribution in [2.45, 2.75) is 39.4 Å². The predicted molar refractivity (Wildman–Crippen MR) is 137 cm³/mol. The Morgan fingerprint density at radius 1 is 0.971 bits per heavy atom. The van der Waals surface area contributed by atoms with Crippen molar-refractivity contribution < 1.29 is 23.8 Å². The Bertz CT molecular complexity index is 1170. The number of nitrogens with two attached hydrogens (primary N) is 2. The van der Waals surface area contributed by atoms with Crippen molar-refractivity contribution in [2.75, 3.05) is 11.5 Å². The maximum absolute atomic E-state index is 12.7. The zero-order valence-electron chi connectivity index (χ0n) is 19.9. The van der Waals surface area contributed by atoms with Crippen LogP contribution in [0.3, 0.4) is 0 Å². The molecule has 1 atom stereocenters. The highest BCUT2D eigenvalue weighted by molar-refractivity contribution is 5.94. The van der Waals surface area contributed by atoms with E-state index in [4.69, 9.17) is 25.7 Å². The molecule has 3 aromatic carbocycles. The molecule has 3 aromatic rings. The highest BCUT2D eigenvalue weighted by Crippen LogP contribution is 2.23. The SMILES string of the molecule is CCCC(C)Oc1ccccc1C(=O)Oc1ccc(C=CC(=O)OCc2cc(N)cc(N)c2)cc1. The van der Waals surface area contributed by atoms with Gasteiger partial charge in [-0.15, -0.1) is 0 Å². The van der Waals surface area contributed by atoms with Gasteiger partial charge in [0.25, 0.3) is 0 Å². The van der Waals surface area contributed by atoms with E-state index < -0.39 is 11.9 Å². The number of anilines is 2. The maximum atomic E-state index is 12.7. The minimum atomic E-state index is -0.504. The molecule has 4 N–H and O–H groups in total. The molecule has 0 aliphatic rings. The molecular formula is C28H30N2O5. The first-order valence-electron chi connectivity index (χ1n) is 11.4. The average Bonchev–Trinajstić information content (AvgIpc) is 2.82. The van der Waals surface area contributed by atoms with Gasteiger partial charge in [0.1, 0.15) is 23.7 Å². The van der Waals surface area contributed by atoms with E-state index in [1.54, 1.807) is 66.7 Å². The van der Waals surface area contributed by atoms with E-state index in [0.29, 0.717) is 34.0 Å². The number of carbonyl (C=O) groups excluding carboxylic acids is 2. The topological polar surface area (TPSA) is 114 Å². The van der Waals surface area contributed by atoms with Crippen LogP contribution >= 0.6 is 0 Å². The van der Waals surface area contributed by atoms with E-state index in [2.05, 4.69) is 6.92 Å². The third kappa shape index (κ3) is 7.92. The quantitative estimate of drug-likeness (QED) is 0.175. The smallest absolute Gasteiger partial charge is 0.347 e. The van der Waals surface area contributed by atoms with Crippen LogP contribution in [0.25, 0.3) is 6.08 Å². The van der Waals surface area contributed by atoms with E-state index >= 15 is 0 Å². The maximum Gasteiger partial charge on any atom is 0.347 e. The van der Waals surface area contributed by atoms with Crippen molar-refractivity contribution in [1.29, 1.82) is 0 Å². The second-order valence-electron chi connectivity index (χ2n) is 8.12. The summed E-state index contributed by atoms with van der Waals surface area (Å²) >= 11 is 0. The van der Waals surface area contributed by atoms with Gasteiger partial charge in [0.2, 0.25) is 0 Å². The van der Waals surface area contributed by atoms with Crippen LogP contribution in [-0.4, -0.2) is 18.0 Å². The number of nitrogen functional groups attached to an aromatic ring is 2. The fourth-order valence-corrected chi connectivity index (χ4v) is 3.43. The Hall–Kier alpha value is -4.26. The number of esters is 2. The van der Waals surface area contributed by atoms with E-state index in [0.717, 1.165) is 18.4 Å². The van der Waals surface area contributed by atoms with Gasteiger partial charge in [-0.1, -0.05) is 37.6 Å². The lowest BCUT2D eigenvalue weighted by Gasteiger charge is -2.16. The third-order valence-electron chi connectivity index (χ3n) is 5.05. The van der Waals surface area contributed by atoms with Gasteiger partial charge in [-0.3, -0.25) is 0 Å². The van der Waals surface area contributed by atoms with Gasteiger partial charge >= 0.3 is 11.9 Å². The molecule has 182 valence electrons. The van der Waals surface area contributed by atoms with Crippen LogP contribution in [0.2, 0.25) is 0 Å². The molecule has 3 rings (SSSR count). The standard InChI is InChI=1S/C28H30N2O5/c1-3-6-19(2)34-26-8-5-4-7-25(26)28(32)35-24-12-9-20(10-13-24)11-14-27(31)33-18-21-15-22(29)17-23(30)16-21/h4-5,7-17,19H,3,6,18,29-30H2,1-2H3. The Morgan fingerprint density at radius 2 is 1.66 bits per heavy atom. The molecule has 0 bridgehead atoms. The lowest BCUT2D eigenvalue weighted by molar-refractivity contribution is -0.138. The molecular weight excluding hydrogens is 444 g/mol. The number of benzene rings is 3. The first-order chi connectivity index (χ1) is 16.8. The van der Waals surface area contributed by atoms with Gasteiger partial charge < -0.3 is 25.7 Å². The van der Waals surface area contributed by atoms with Crippen LogP contribution in [0.15, 0.2) is 72.8 Å². The van der Waals surface area contributed by atoms with Gasteiger partial charge in [-0.05, 0) is 73.0 Å². The summed E-state index contributed by atoms with van der Waals surface area (Å²) in [5.74, 6) is -0.128. The first kappa shape index (κ1) is 25.4. The normalized spacial score (nSPS) is 11.7. The van der Waals surface area contributed by atoms with Crippen molar-refractivity contribution in [3.05, 3.63) is 89.5 Å². The number of rotatable bonds is 10. The molecule has 0 saturated carbocycles. The highest BCUT2D eigenvalue weighted by Gasteiger charge is 2.16. The van der Waals surface area contributed by atoms with E-state index in [1.807, 2.05) is 13.0 Å². The summed E-state index contributed by atoms with van der Waals surface area (Å²) in [6.45, 7) is 4.12. The molecule has 0 amide bonds. The molecule has 0 saturated heterocycles. The van der Waals surface area contributed by atoms with E-state index in [9.17, 15) is 9.59 Å². The number of hydrogen-bond donors (Lipinski definition) is 2. The number of hydrogen-bond acceptors (Lipinski definition) is 7. The van der Waals surface area contributed by atoms with E-state index in [1.165, 1.54) is 6.08 Å². The molecule has 1 unspecified atom stereocenters. The summed E-state index contributed by atoms with van der Waals surface area (Å²) in [7, 11) is 0. The number of ether oxygens (including phenoxy) is 3. The third-order valence-corrected chi connectivity index (χ3v) is 5.05. The summed E-state index contributed by atoms with van der Waals surface area (Å²) in [6.07, 6.45) is 4.81. The summed E-state index contributed by atoms with van der Waals surface area (Å²) in [5.41, 5.74) is 14.3. The van der Waals surface area contributed by atoms with Gasteiger partial charge in [-0.2, -0.15) is 0 Å². The monoisotopic (exact) mass is 474 g/mol. The second kappa shape index (κ2) is 12.3. The summed E-state index contributed by atoms with van der Waals surface area (Å²) < 4.78 is 16.6. The molecule has 0 heterocycles. The highest BCUT2D eigenvalue weighted by atomic mass is 16.5. The van der Waals surface area contributed by atoms with Crippen molar-refractivity contribution in [3.8, 4) is 11.5 Å². The van der Waals surface area contributed by atoms with Gasteiger partial charge in [0.15, 0.2) is 0 Å². The van der Waals surface area contributed by atoms with Crippen LogP contribution in [0.4, 0.5) is 11.4 Å². The fourth-order valence-electron chi connectivity index (χ4n) is 3.43. The molecule has 7 heteroatoms. The summed E-state index contributed by atoms with van der Waals surface area (Å²) in [5, 5.41) is 0. The zero-order chi connectivity index (χ0) is 25.2. The van der Waals surface area contributed by atoms with Crippen molar-refractivity contribution in [1.82, 2.24) is 0 Å². The molecule has 0 aliphatic carbocycles. The summed E-state index contributed by atoms with van der Waals surface area (Å²) in [4.78, 5) is 24.7. The van der Waals surface area contributed by atoms with Crippen molar-refractivity contribution in [3.63, 3.8) is 0 Å². The van der Waals surface area contributed by atoms with Crippen LogP contribution in [0, 0.1) is 0 Å². The lowest BCUT2D eigenvalue weighted by Crippen LogP contribution is -2.15. The van der Waals surface area contributed by atoms with Crippen LogP contribution in [-0.2, 0) is 16.1 Å². The molecule has 7 nitrogen and oxygen atoms in total. The van der Waals surface area contributed by atoms with Crippen LogP contribution in [0.1, 0.15) is 48.2 Å². The molecule has 0 radical (unpaired) electrons. The predicted octanol–water partition coefficient (Wildman–Crippen LogP) is 5.39. The molecule has 35 heavy (non-hydrogen) atoms. The Morgan fingerprint density at radius 3 is 2.34 bits per heavy atom. The molecule has 0 aromatic heterocycles. The number of para-hydroxylation sites is 1. The lowest BCUT2D eigenvalue weighted by atomic mass is 10.2. The summed E-state index contributed by atoms with van der Waals surface area (Å²) in [6, 6.07) is 18.8. The second-order valence-corrected chi connectivity index (χ2v) is 8.12. The van der Waals surface area contributed by atoms with Gasteiger partial charge in [0.05, 0.1) is 6.10 Å². The van der Waals surface area contributed by atoms with Crippen LogP contribution < -0.4 is 20.9 Å². The number of carbonyl (C=O) groups is 2. The average molecular weight is 475 g/mol. The minimum Gasteiger partial charge on any atom is -0.490 e. The molecule has 0 aliphatic heterocycles. The first-order valence-corrected chi connectivity index (χ1v) is 11.4. The minimum absolute atomic E-state index is 0.00401. The van der Waals surface area contributed by atoms with Crippen LogP contribution in [0.5, 0.6) is 11.5 Å². The Balaban J connectivity index is 1.56. The van der Waals surface area contributed by atoms with Crippen molar-refractivity contribution in [2.24, 2.45) is 0 Å². The fraction of sp³-hybridized carbons (Fsp3) is 0.214.